The van der Waals surface area contributed by atoms with Gasteiger partial charge in [0.2, 0.25) is 0 Å². The maximum absolute atomic E-state index is 10.6. The number of Topliss-reactive ketones (excluding diaryl/α,β-unsaturated/α-hetero) is 1. The molecule has 0 saturated carbocycles. The third-order valence-electron chi connectivity index (χ3n) is 1.10. The van der Waals surface area contributed by atoms with E-state index in [9.17, 15) is 4.79 Å². The van der Waals surface area contributed by atoms with Crippen molar-refractivity contribution in [2.75, 3.05) is 0 Å². The van der Waals surface area contributed by atoms with Gasteiger partial charge in [-0.2, -0.15) is 0 Å². The maximum Gasteiger partial charge on any atom is 0.171 e. The second kappa shape index (κ2) is 4.78. The zero-order valence-electron chi connectivity index (χ0n) is 6.93. The van der Waals surface area contributed by atoms with Crippen LogP contribution in [0.4, 0.5) is 0 Å². The molecule has 0 aliphatic heterocycles. The molecule has 0 unspecified atom stereocenters. The summed E-state index contributed by atoms with van der Waals surface area (Å²) in [7, 11) is 0. The summed E-state index contributed by atoms with van der Waals surface area (Å²) < 4.78 is 0. The van der Waals surface area contributed by atoms with Gasteiger partial charge in [-0.3, -0.25) is 4.79 Å². The van der Waals surface area contributed by atoms with Crippen LogP contribution >= 0.6 is 11.6 Å². The van der Waals surface area contributed by atoms with Crippen LogP contribution in [0.3, 0.4) is 0 Å². The fourth-order valence-electron chi connectivity index (χ4n) is 0.594. The Labute approximate surface area is 76.8 Å². The molecule has 0 spiro atoms. The number of hydrogen-bond donors (Lipinski definition) is 1. The molecule has 0 aromatic rings. The van der Waals surface area contributed by atoms with Crippen LogP contribution in [0.5, 0.6) is 0 Å². The van der Waals surface area contributed by atoms with E-state index < -0.39 is 0 Å². The van der Waals surface area contributed by atoms with E-state index in [1.807, 2.05) is 0 Å². The number of hydrogen-bond acceptors (Lipinski definition) is 2. The fourth-order valence-corrected chi connectivity index (χ4v) is 0.748. The van der Waals surface area contributed by atoms with Crippen molar-refractivity contribution in [3.8, 4) is 0 Å². The summed E-state index contributed by atoms with van der Waals surface area (Å²) in [5.41, 5.74) is 0.558. The molecule has 1 N–H and O–H groups in total. The van der Waals surface area contributed by atoms with E-state index >= 15 is 0 Å². The van der Waals surface area contributed by atoms with Crippen LogP contribution in [-0.2, 0) is 4.79 Å². The highest BCUT2D eigenvalue weighted by Gasteiger charge is 2.00. The predicted octanol–water partition coefficient (Wildman–Crippen LogP) is 2.72. The molecule has 0 aliphatic carbocycles. The zero-order valence-corrected chi connectivity index (χ0v) is 7.69. The number of halogens is 1. The highest BCUT2D eigenvalue weighted by Crippen LogP contribution is 2.11. The summed E-state index contributed by atoms with van der Waals surface area (Å²) in [4.78, 5) is 10.6. The Bertz CT molecular complexity index is 251. The average Bonchev–Trinajstić information content (AvgIpc) is 1.84. The van der Waals surface area contributed by atoms with E-state index in [-0.39, 0.29) is 23.0 Å². The number of rotatable bonds is 4. The van der Waals surface area contributed by atoms with Crippen LogP contribution in [0.2, 0.25) is 0 Å². The topological polar surface area (TPSA) is 37.3 Å². The minimum atomic E-state index is -0.221. The summed E-state index contributed by atoms with van der Waals surface area (Å²) >= 11 is 5.53. The SMILES string of the molecule is C=C(O)CC(=C)/C=C(/Cl)C(C)=O. The molecule has 0 atom stereocenters. The average molecular weight is 187 g/mol. The summed E-state index contributed by atoms with van der Waals surface area (Å²) in [6.45, 7) is 8.23. The van der Waals surface area contributed by atoms with E-state index in [0.29, 0.717) is 5.57 Å². The minimum absolute atomic E-state index is 0.00395. The van der Waals surface area contributed by atoms with E-state index in [1.54, 1.807) is 0 Å². The van der Waals surface area contributed by atoms with Crippen LogP contribution in [-0.4, -0.2) is 10.9 Å². The van der Waals surface area contributed by atoms with E-state index in [0.717, 1.165) is 0 Å². The molecule has 0 heterocycles. The van der Waals surface area contributed by atoms with Gasteiger partial charge in [-0.15, -0.1) is 0 Å². The lowest BCUT2D eigenvalue weighted by atomic mass is 10.2. The van der Waals surface area contributed by atoms with E-state index in [4.69, 9.17) is 16.7 Å². The van der Waals surface area contributed by atoms with Crippen molar-refractivity contribution in [3.05, 3.63) is 35.6 Å². The molecular weight excluding hydrogens is 176 g/mol. The van der Waals surface area contributed by atoms with Crippen molar-refractivity contribution in [1.29, 1.82) is 0 Å². The predicted molar refractivity (Wildman–Crippen MR) is 50.1 cm³/mol. The second-order valence-electron chi connectivity index (χ2n) is 2.45. The lowest BCUT2D eigenvalue weighted by Crippen LogP contribution is -1.90. The van der Waals surface area contributed by atoms with Gasteiger partial charge in [0.25, 0.3) is 0 Å². The second-order valence-corrected chi connectivity index (χ2v) is 2.86. The van der Waals surface area contributed by atoms with Crippen LogP contribution in [0.25, 0.3) is 0 Å². The summed E-state index contributed by atoms with van der Waals surface area (Å²) in [5.74, 6) is -0.217. The first-order chi connectivity index (χ1) is 5.43. The molecular formula is C9H11ClO2. The lowest BCUT2D eigenvalue weighted by Gasteiger charge is -1.98. The highest BCUT2D eigenvalue weighted by molar-refractivity contribution is 6.42. The van der Waals surface area contributed by atoms with Crippen molar-refractivity contribution >= 4 is 17.4 Å². The summed E-state index contributed by atoms with van der Waals surface area (Å²) in [5, 5.41) is 8.87. The van der Waals surface area contributed by atoms with Gasteiger partial charge in [0, 0.05) is 13.3 Å². The van der Waals surface area contributed by atoms with Gasteiger partial charge >= 0.3 is 0 Å². The Morgan fingerprint density at radius 3 is 2.42 bits per heavy atom. The normalized spacial score (nSPS) is 11.0. The number of ketones is 1. The van der Waals surface area contributed by atoms with Gasteiger partial charge in [-0.05, 0) is 11.6 Å². The minimum Gasteiger partial charge on any atom is -0.513 e. The Morgan fingerprint density at radius 2 is 2.08 bits per heavy atom. The zero-order chi connectivity index (χ0) is 9.72. The molecule has 12 heavy (non-hydrogen) atoms. The molecule has 0 amide bonds. The van der Waals surface area contributed by atoms with Crippen LogP contribution in [0, 0.1) is 0 Å². The van der Waals surface area contributed by atoms with Gasteiger partial charge < -0.3 is 5.11 Å². The molecule has 0 saturated heterocycles. The van der Waals surface area contributed by atoms with Crippen molar-refractivity contribution in [3.63, 3.8) is 0 Å². The van der Waals surface area contributed by atoms with Gasteiger partial charge in [0.05, 0.1) is 10.8 Å². The monoisotopic (exact) mass is 186 g/mol. The lowest BCUT2D eigenvalue weighted by molar-refractivity contribution is -0.113. The maximum atomic E-state index is 10.6. The smallest absolute Gasteiger partial charge is 0.171 e. The van der Waals surface area contributed by atoms with Crippen LogP contribution < -0.4 is 0 Å². The summed E-state index contributed by atoms with van der Waals surface area (Å²) in [6, 6.07) is 0. The molecule has 0 radical (unpaired) electrons. The Balaban J connectivity index is 4.24. The largest absolute Gasteiger partial charge is 0.513 e. The first-order valence-electron chi connectivity index (χ1n) is 3.36. The third-order valence-corrected chi connectivity index (χ3v) is 1.47. The molecule has 66 valence electrons. The first-order valence-corrected chi connectivity index (χ1v) is 3.74. The van der Waals surface area contributed by atoms with Gasteiger partial charge in [0.1, 0.15) is 0 Å². The Hall–Kier alpha value is -1.02. The summed E-state index contributed by atoms with van der Waals surface area (Å²) in [6.07, 6.45) is 1.66. The Morgan fingerprint density at radius 1 is 1.58 bits per heavy atom. The fraction of sp³-hybridized carbons (Fsp3) is 0.222. The van der Waals surface area contributed by atoms with Gasteiger partial charge in [-0.25, -0.2) is 0 Å². The van der Waals surface area contributed by atoms with Crippen LogP contribution in [0.1, 0.15) is 13.3 Å². The number of allylic oxidation sites excluding steroid dienone is 3. The van der Waals surface area contributed by atoms with Gasteiger partial charge in [0.15, 0.2) is 5.78 Å². The number of aliphatic hydroxyl groups excluding tert-OH is 1. The molecule has 0 fully saturated rings. The highest BCUT2D eigenvalue weighted by atomic mass is 35.5. The standard InChI is InChI=1S/C9H11ClO2/c1-6(4-7(2)11)5-9(10)8(3)12/h5,11H,1-2,4H2,3H3/b9-5+. The molecule has 3 heteroatoms. The molecule has 0 aliphatic rings. The quantitative estimate of drug-likeness (QED) is 0.417. The van der Waals surface area contributed by atoms with Crippen LogP contribution in [0.15, 0.2) is 35.6 Å². The van der Waals surface area contributed by atoms with Gasteiger partial charge in [-0.1, -0.05) is 24.8 Å². The van der Waals surface area contributed by atoms with Crippen molar-refractivity contribution in [1.82, 2.24) is 0 Å². The third kappa shape index (κ3) is 4.74. The van der Waals surface area contributed by atoms with E-state index in [2.05, 4.69) is 13.2 Å². The Kier molecular flexibility index (Phi) is 4.37. The van der Waals surface area contributed by atoms with Crippen molar-refractivity contribution in [2.24, 2.45) is 0 Å². The molecule has 0 aromatic carbocycles. The number of carbonyl (C=O) groups excluding carboxylic acids is 1. The molecule has 0 aromatic heterocycles. The first kappa shape index (κ1) is 11.0. The van der Waals surface area contributed by atoms with Crippen molar-refractivity contribution < 1.29 is 9.90 Å². The molecule has 0 rings (SSSR count). The molecule has 0 bridgehead atoms. The van der Waals surface area contributed by atoms with E-state index in [1.165, 1.54) is 13.0 Å². The number of aliphatic hydroxyl groups is 1. The number of carbonyl (C=O) groups is 1. The van der Waals surface area contributed by atoms with Crippen molar-refractivity contribution in [2.45, 2.75) is 13.3 Å². The molecule has 2 nitrogen and oxygen atoms in total.